The Morgan fingerprint density at radius 3 is 2.43 bits per heavy atom. The van der Waals surface area contributed by atoms with Gasteiger partial charge in [0.25, 0.3) is 0 Å². The molecule has 0 radical (unpaired) electrons. The van der Waals surface area contributed by atoms with E-state index < -0.39 is 0 Å². The molecule has 1 heterocycles. The lowest BCUT2D eigenvalue weighted by molar-refractivity contribution is 0.212. The third-order valence-electron chi connectivity index (χ3n) is 3.81. The van der Waals surface area contributed by atoms with Crippen molar-refractivity contribution in [2.24, 2.45) is 0 Å². The number of aromatic nitrogens is 2. The Hall–Kier alpha value is -1.72. The average Bonchev–Trinajstić information content (AvgIpc) is 2.93. The number of nitrogens with zero attached hydrogens (tertiary/aromatic N) is 3. The standard InChI is InChI=1S/C16H24N4O/c1-4-20(5-2)16(14-9-7-6-8-10-14)12-17-11-15-13(3)18-21-19-15/h6-10,16-17H,4-5,11-12H2,1-3H3. The lowest BCUT2D eigenvalue weighted by atomic mass is 10.1. The number of benzene rings is 1. The van der Waals surface area contributed by atoms with Crippen molar-refractivity contribution in [1.29, 1.82) is 0 Å². The Labute approximate surface area is 126 Å². The maximum absolute atomic E-state index is 4.73. The summed E-state index contributed by atoms with van der Waals surface area (Å²) in [6.07, 6.45) is 0. The summed E-state index contributed by atoms with van der Waals surface area (Å²) >= 11 is 0. The maximum atomic E-state index is 4.73. The van der Waals surface area contributed by atoms with E-state index >= 15 is 0 Å². The number of rotatable bonds is 8. The van der Waals surface area contributed by atoms with Gasteiger partial charge in [0, 0.05) is 19.1 Å². The molecule has 1 aromatic carbocycles. The molecule has 0 aliphatic rings. The number of nitrogens with one attached hydrogen (secondary N) is 1. The SMILES string of the molecule is CCN(CC)C(CNCc1nonc1C)c1ccccc1. The Morgan fingerprint density at radius 2 is 1.86 bits per heavy atom. The average molecular weight is 288 g/mol. The van der Waals surface area contributed by atoms with Crippen molar-refractivity contribution in [3.8, 4) is 0 Å². The first-order chi connectivity index (χ1) is 10.3. The molecule has 0 aliphatic heterocycles. The van der Waals surface area contributed by atoms with Gasteiger partial charge in [-0.1, -0.05) is 54.5 Å². The van der Waals surface area contributed by atoms with E-state index in [-0.39, 0.29) is 0 Å². The number of hydrogen-bond donors (Lipinski definition) is 1. The molecule has 0 saturated carbocycles. The summed E-state index contributed by atoms with van der Waals surface area (Å²) in [7, 11) is 0. The lowest BCUT2D eigenvalue weighted by Crippen LogP contribution is -2.35. The molecule has 0 aliphatic carbocycles. The summed E-state index contributed by atoms with van der Waals surface area (Å²) in [5, 5.41) is 11.2. The Morgan fingerprint density at radius 1 is 1.14 bits per heavy atom. The van der Waals surface area contributed by atoms with Crippen LogP contribution in [0.25, 0.3) is 0 Å². The van der Waals surface area contributed by atoms with Crippen LogP contribution in [-0.4, -0.2) is 34.8 Å². The molecule has 5 nitrogen and oxygen atoms in total. The highest BCUT2D eigenvalue weighted by Gasteiger charge is 2.17. The predicted octanol–water partition coefficient (Wildman–Crippen LogP) is 2.55. The third-order valence-corrected chi connectivity index (χ3v) is 3.81. The molecular formula is C16H24N4O. The van der Waals surface area contributed by atoms with Gasteiger partial charge in [0.05, 0.1) is 0 Å². The first kappa shape index (κ1) is 15.7. The number of aryl methyl sites for hydroxylation is 1. The summed E-state index contributed by atoms with van der Waals surface area (Å²) in [5.74, 6) is 0. The van der Waals surface area contributed by atoms with E-state index in [2.05, 4.69) is 64.7 Å². The second kappa shape index (κ2) is 7.90. The molecule has 0 amide bonds. The van der Waals surface area contributed by atoms with Crippen LogP contribution >= 0.6 is 0 Å². The van der Waals surface area contributed by atoms with Gasteiger partial charge < -0.3 is 5.32 Å². The number of likely N-dealkylation sites (N-methyl/N-ethyl adjacent to an activating group) is 1. The molecule has 0 fully saturated rings. The highest BCUT2D eigenvalue weighted by atomic mass is 16.6. The van der Waals surface area contributed by atoms with E-state index in [1.807, 2.05) is 6.92 Å². The van der Waals surface area contributed by atoms with E-state index in [1.54, 1.807) is 0 Å². The fraction of sp³-hybridized carbons (Fsp3) is 0.500. The van der Waals surface area contributed by atoms with Gasteiger partial charge in [-0.05, 0) is 25.6 Å². The van der Waals surface area contributed by atoms with Crippen molar-refractivity contribution in [3.05, 3.63) is 47.3 Å². The van der Waals surface area contributed by atoms with Gasteiger partial charge in [-0.15, -0.1) is 0 Å². The maximum Gasteiger partial charge on any atom is 0.121 e. The highest BCUT2D eigenvalue weighted by Crippen LogP contribution is 2.19. The van der Waals surface area contributed by atoms with Crippen LogP contribution in [0.1, 0.15) is 36.8 Å². The van der Waals surface area contributed by atoms with Crippen LogP contribution < -0.4 is 5.32 Å². The van der Waals surface area contributed by atoms with Crippen molar-refractivity contribution in [2.45, 2.75) is 33.4 Å². The minimum Gasteiger partial charge on any atom is -0.309 e. The van der Waals surface area contributed by atoms with Gasteiger partial charge in [-0.3, -0.25) is 4.90 Å². The Bertz CT molecular complexity index is 522. The van der Waals surface area contributed by atoms with Crippen molar-refractivity contribution in [1.82, 2.24) is 20.5 Å². The summed E-state index contributed by atoms with van der Waals surface area (Å²) in [6, 6.07) is 11.0. The van der Waals surface area contributed by atoms with Gasteiger partial charge in [0.2, 0.25) is 0 Å². The zero-order valence-electron chi connectivity index (χ0n) is 13.0. The quantitative estimate of drug-likeness (QED) is 0.809. The van der Waals surface area contributed by atoms with Crippen LogP contribution in [0.5, 0.6) is 0 Å². The molecule has 0 spiro atoms. The van der Waals surface area contributed by atoms with Crippen LogP contribution in [0.4, 0.5) is 0 Å². The van der Waals surface area contributed by atoms with E-state index in [1.165, 1.54) is 5.56 Å². The molecular weight excluding hydrogens is 264 g/mol. The monoisotopic (exact) mass is 288 g/mol. The molecule has 1 unspecified atom stereocenters. The molecule has 0 saturated heterocycles. The van der Waals surface area contributed by atoms with Crippen molar-refractivity contribution in [2.75, 3.05) is 19.6 Å². The van der Waals surface area contributed by atoms with E-state index in [0.717, 1.165) is 31.0 Å². The van der Waals surface area contributed by atoms with Crippen molar-refractivity contribution >= 4 is 0 Å². The molecule has 1 N–H and O–H groups in total. The summed E-state index contributed by atoms with van der Waals surface area (Å²) in [6.45, 7) is 9.92. The van der Waals surface area contributed by atoms with Crippen molar-refractivity contribution in [3.63, 3.8) is 0 Å². The smallest absolute Gasteiger partial charge is 0.121 e. The molecule has 2 rings (SSSR count). The summed E-state index contributed by atoms with van der Waals surface area (Å²) < 4.78 is 4.73. The van der Waals surface area contributed by atoms with E-state index in [4.69, 9.17) is 4.63 Å². The van der Waals surface area contributed by atoms with Gasteiger partial charge in [0.15, 0.2) is 0 Å². The number of hydrogen-bond acceptors (Lipinski definition) is 5. The lowest BCUT2D eigenvalue weighted by Gasteiger charge is -2.30. The third kappa shape index (κ3) is 4.12. The van der Waals surface area contributed by atoms with Crippen LogP contribution in [0.15, 0.2) is 35.0 Å². The topological polar surface area (TPSA) is 54.2 Å². The first-order valence-corrected chi connectivity index (χ1v) is 7.54. The highest BCUT2D eigenvalue weighted by molar-refractivity contribution is 5.19. The minimum atomic E-state index is 0.362. The molecule has 2 aromatic rings. The second-order valence-corrected chi connectivity index (χ2v) is 5.07. The molecule has 114 valence electrons. The fourth-order valence-corrected chi connectivity index (χ4v) is 2.53. The van der Waals surface area contributed by atoms with E-state index in [9.17, 15) is 0 Å². The van der Waals surface area contributed by atoms with Crippen LogP contribution in [0, 0.1) is 6.92 Å². The van der Waals surface area contributed by atoms with Gasteiger partial charge >= 0.3 is 0 Å². The van der Waals surface area contributed by atoms with Gasteiger partial charge in [0.1, 0.15) is 11.4 Å². The Kier molecular flexibility index (Phi) is 5.90. The van der Waals surface area contributed by atoms with Crippen LogP contribution in [0.3, 0.4) is 0 Å². The van der Waals surface area contributed by atoms with Gasteiger partial charge in [-0.25, -0.2) is 4.63 Å². The molecule has 1 atom stereocenters. The van der Waals surface area contributed by atoms with Crippen molar-refractivity contribution < 1.29 is 4.63 Å². The van der Waals surface area contributed by atoms with Gasteiger partial charge in [-0.2, -0.15) is 0 Å². The van der Waals surface area contributed by atoms with Crippen LogP contribution in [0.2, 0.25) is 0 Å². The zero-order valence-corrected chi connectivity index (χ0v) is 13.0. The van der Waals surface area contributed by atoms with E-state index in [0.29, 0.717) is 12.6 Å². The molecule has 21 heavy (non-hydrogen) atoms. The van der Waals surface area contributed by atoms with Crippen LogP contribution in [-0.2, 0) is 6.54 Å². The normalized spacial score (nSPS) is 12.8. The minimum absolute atomic E-state index is 0.362. The molecule has 5 heteroatoms. The summed E-state index contributed by atoms with van der Waals surface area (Å²) in [4.78, 5) is 2.45. The Balaban J connectivity index is 2.01. The summed E-state index contributed by atoms with van der Waals surface area (Å²) in [5.41, 5.74) is 3.06. The molecule has 0 bridgehead atoms. The second-order valence-electron chi connectivity index (χ2n) is 5.07. The fourth-order valence-electron chi connectivity index (χ4n) is 2.53. The predicted molar refractivity (Wildman–Crippen MR) is 82.8 cm³/mol. The first-order valence-electron chi connectivity index (χ1n) is 7.54. The largest absolute Gasteiger partial charge is 0.309 e. The molecule has 1 aromatic heterocycles. The zero-order chi connectivity index (χ0) is 15.1.